The predicted octanol–water partition coefficient (Wildman–Crippen LogP) is 5.59. The standard InChI is InChI=1S/C26H24ClFN6O/c1-13-14(2)31-25-23(30-13)22(20-6-3-17(27)8-21(20)28)32-24(33-25)15-7-19-10-26(9-15,35-19)16-11-29-34(12-16)18-4-5-18/h3,6,8,11-12,15,18-19H,4-5,7,9-10H2,1-2H3/t15-,19?,26+/m1/s1. The van der Waals surface area contributed by atoms with E-state index in [2.05, 4.69) is 21.0 Å². The van der Waals surface area contributed by atoms with Crippen molar-refractivity contribution in [3.8, 4) is 11.3 Å². The van der Waals surface area contributed by atoms with E-state index >= 15 is 4.39 Å². The van der Waals surface area contributed by atoms with Crippen LogP contribution in [0.25, 0.3) is 22.4 Å². The highest BCUT2D eigenvalue weighted by Gasteiger charge is 2.54. The lowest BCUT2D eigenvalue weighted by Crippen LogP contribution is -2.53. The van der Waals surface area contributed by atoms with Crippen molar-refractivity contribution in [1.29, 1.82) is 0 Å². The first-order valence-electron chi connectivity index (χ1n) is 12.1. The van der Waals surface area contributed by atoms with Crippen LogP contribution in [0.5, 0.6) is 0 Å². The first-order valence-corrected chi connectivity index (χ1v) is 12.5. The summed E-state index contributed by atoms with van der Waals surface area (Å²) in [5, 5.41) is 4.92. The SMILES string of the molecule is Cc1nc2nc([C@@H]3CC4C[C@](c5cnn(C6CC6)c5)(C3)O4)nc(-c3ccc(Cl)cc3F)c2nc1C. The smallest absolute Gasteiger partial charge is 0.182 e. The van der Waals surface area contributed by atoms with Gasteiger partial charge in [0.25, 0.3) is 0 Å². The van der Waals surface area contributed by atoms with Crippen molar-refractivity contribution >= 4 is 22.8 Å². The van der Waals surface area contributed by atoms with Crippen molar-refractivity contribution in [2.75, 3.05) is 0 Å². The fraction of sp³-hybridized carbons (Fsp3) is 0.423. The molecule has 2 aliphatic carbocycles. The Balaban J connectivity index is 1.32. The highest BCUT2D eigenvalue weighted by atomic mass is 35.5. The summed E-state index contributed by atoms with van der Waals surface area (Å²) in [5.41, 5.74) is 4.10. The van der Waals surface area contributed by atoms with E-state index in [-0.39, 0.29) is 17.6 Å². The van der Waals surface area contributed by atoms with Gasteiger partial charge in [-0.3, -0.25) is 4.68 Å². The van der Waals surface area contributed by atoms with Gasteiger partial charge >= 0.3 is 0 Å². The summed E-state index contributed by atoms with van der Waals surface area (Å²) in [6.45, 7) is 3.79. The van der Waals surface area contributed by atoms with E-state index in [0.29, 0.717) is 39.3 Å². The molecule has 4 aliphatic rings. The van der Waals surface area contributed by atoms with Crippen LogP contribution in [0.2, 0.25) is 5.02 Å². The van der Waals surface area contributed by atoms with Crippen LogP contribution in [0.15, 0.2) is 30.6 Å². The number of hydrogen-bond acceptors (Lipinski definition) is 6. The summed E-state index contributed by atoms with van der Waals surface area (Å²) >= 11 is 6.02. The monoisotopic (exact) mass is 490 g/mol. The minimum Gasteiger partial charge on any atom is -0.367 e. The second kappa shape index (κ2) is 7.51. The van der Waals surface area contributed by atoms with Crippen LogP contribution in [0, 0.1) is 19.7 Å². The molecule has 3 aromatic heterocycles. The molecule has 3 atom stereocenters. The van der Waals surface area contributed by atoms with E-state index in [1.807, 2.05) is 20.0 Å². The Hall–Kier alpha value is -2.97. The van der Waals surface area contributed by atoms with Crippen LogP contribution in [0.3, 0.4) is 0 Å². The maximum absolute atomic E-state index is 15.0. The van der Waals surface area contributed by atoms with Gasteiger partial charge in [0, 0.05) is 34.7 Å². The van der Waals surface area contributed by atoms with Gasteiger partial charge in [0.15, 0.2) is 5.65 Å². The van der Waals surface area contributed by atoms with Gasteiger partial charge < -0.3 is 4.74 Å². The van der Waals surface area contributed by atoms with E-state index < -0.39 is 5.82 Å². The molecule has 35 heavy (non-hydrogen) atoms. The van der Waals surface area contributed by atoms with Gasteiger partial charge in [-0.05, 0) is 57.7 Å². The van der Waals surface area contributed by atoms with Gasteiger partial charge in [-0.2, -0.15) is 5.10 Å². The quantitative estimate of drug-likeness (QED) is 0.371. The molecule has 5 heterocycles. The van der Waals surface area contributed by atoms with E-state index in [9.17, 15) is 0 Å². The topological polar surface area (TPSA) is 78.6 Å². The summed E-state index contributed by atoms with van der Waals surface area (Å²) in [5.74, 6) is 0.280. The van der Waals surface area contributed by atoms with Gasteiger partial charge in [0.1, 0.15) is 22.9 Å². The van der Waals surface area contributed by atoms with Crippen molar-refractivity contribution < 1.29 is 9.13 Å². The third-order valence-electron chi connectivity index (χ3n) is 7.63. The number of aromatic nitrogens is 6. The maximum Gasteiger partial charge on any atom is 0.182 e. The van der Waals surface area contributed by atoms with Crippen LogP contribution in [-0.2, 0) is 10.3 Å². The average molecular weight is 491 g/mol. The zero-order valence-electron chi connectivity index (χ0n) is 19.5. The van der Waals surface area contributed by atoms with Crippen LogP contribution in [0.4, 0.5) is 4.39 Å². The molecule has 178 valence electrons. The zero-order chi connectivity index (χ0) is 23.9. The molecule has 2 saturated carbocycles. The normalized spacial score (nSPS) is 25.6. The van der Waals surface area contributed by atoms with Gasteiger partial charge in [-0.15, -0.1) is 0 Å². The fourth-order valence-electron chi connectivity index (χ4n) is 5.53. The Kier molecular flexibility index (Phi) is 4.58. The Morgan fingerprint density at radius 3 is 2.66 bits per heavy atom. The van der Waals surface area contributed by atoms with Crippen molar-refractivity contribution in [1.82, 2.24) is 29.7 Å². The molecule has 2 aliphatic heterocycles. The second-order valence-corrected chi connectivity index (χ2v) is 10.6. The van der Waals surface area contributed by atoms with Gasteiger partial charge in [-0.1, -0.05) is 11.6 Å². The summed E-state index contributed by atoms with van der Waals surface area (Å²) < 4.78 is 23.5. The number of ether oxygens (including phenoxy) is 1. The first-order chi connectivity index (χ1) is 16.9. The largest absolute Gasteiger partial charge is 0.367 e. The van der Waals surface area contributed by atoms with Crippen LogP contribution in [-0.4, -0.2) is 35.8 Å². The molecule has 9 heteroatoms. The van der Waals surface area contributed by atoms with E-state index in [4.69, 9.17) is 31.3 Å². The third kappa shape index (κ3) is 3.45. The Morgan fingerprint density at radius 1 is 1.09 bits per heavy atom. The van der Waals surface area contributed by atoms with Crippen molar-refractivity contribution in [2.24, 2.45) is 0 Å². The average Bonchev–Trinajstić information content (AvgIpc) is 3.55. The molecule has 4 fully saturated rings. The van der Waals surface area contributed by atoms with Crippen molar-refractivity contribution in [3.05, 3.63) is 64.2 Å². The molecule has 2 bridgehead atoms. The Morgan fingerprint density at radius 2 is 1.89 bits per heavy atom. The number of rotatable bonds is 4. The molecular weight excluding hydrogens is 467 g/mol. The van der Waals surface area contributed by atoms with E-state index in [1.165, 1.54) is 18.9 Å². The minimum absolute atomic E-state index is 0.0636. The minimum atomic E-state index is -0.442. The Bertz CT molecular complexity index is 1490. The number of hydrogen-bond donors (Lipinski definition) is 0. The lowest BCUT2D eigenvalue weighted by Gasteiger charge is -2.54. The molecule has 7 nitrogen and oxygen atoms in total. The summed E-state index contributed by atoms with van der Waals surface area (Å²) in [6.07, 6.45) is 9.18. The van der Waals surface area contributed by atoms with Gasteiger partial charge in [-0.25, -0.2) is 24.3 Å². The molecule has 0 amide bonds. The molecule has 0 radical (unpaired) electrons. The highest BCUT2D eigenvalue weighted by molar-refractivity contribution is 6.30. The van der Waals surface area contributed by atoms with Gasteiger partial charge in [0.2, 0.25) is 0 Å². The van der Waals surface area contributed by atoms with Crippen molar-refractivity contribution in [2.45, 2.75) is 69.6 Å². The molecule has 8 rings (SSSR count). The highest BCUT2D eigenvalue weighted by Crippen LogP contribution is 2.56. The predicted molar refractivity (Wildman–Crippen MR) is 129 cm³/mol. The molecule has 4 aromatic rings. The maximum atomic E-state index is 15.0. The fourth-order valence-corrected chi connectivity index (χ4v) is 5.69. The van der Waals surface area contributed by atoms with Crippen LogP contribution >= 0.6 is 11.6 Å². The third-order valence-corrected chi connectivity index (χ3v) is 7.87. The summed E-state index contributed by atoms with van der Waals surface area (Å²) in [6, 6.07) is 5.14. The molecular formula is C26H24ClFN6O. The number of aryl methyl sites for hydroxylation is 2. The lowest BCUT2D eigenvalue weighted by molar-refractivity contribution is -0.249. The molecule has 0 spiro atoms. The number of benzene rings is 1. The van der Waals surface area contributed by atoms with Crippen molar-refractivity contribution in [3.63, 3.8) is 0 Å². The number of nitrogens with zero attached hydrogens (tertiary/aromatic N) is 6. The zero-order valence-corrected chi connectivity index (χ0v) is 20.3. The van der Waals surface area contributed by atoms with Crippen LogP contribution in [0.1, 0.15) is 66.8 Å². The summed E-state index contributed by atoms with van der Waals surface area (Å²) in [7, 11) is 0. The van der Waals surface area contributed by atoms with E-state index in [1.54, 1.807) is 12.1 Å². The molecule has 0 N–H and O–H groups in total. The molecule has 1 aromatic carbocycles. The molecule has 2 saturated heterocycles. The molecule has 1 unspecified atom stereocenters. The van der Waals surface area contributed by atoms with E-state index in [0.717, 1.165) is 36.2 Å². The summed E-state index contributed by atoms with van der Waals surface area (Å²) in [4.78, 5) is 19.1. The Labute approximate surface area is 206 Å². The number of fused-ring (bicyclic) bond motifs is 3. The first kappa shape index (κ1) is 21.3. The van der Waals surface area contributed by atoms with Gasteiger partial charge in [0.05, 0.1) is 35.3 Å². The second-order valence-electron chi connectivity index (χ2n) is 10.1. The lowest BCUT2D eigenvalue weighted by atomic mass is 9.68. The number of halogens is 2. The van der Waals surface area contributed by atoms with Crippen LogP contribution < -0.4 is 0 Å².